The number of benzene rings is 1. The molecule has 0 unspecified atom stereocenters. The number of hydrogen-bond donors (Lipinski definition) is 1. The molecule has 114 valence electrons. The van der Waals surface area contributed by atoms with Gasteiger partial charge in [-0.1, -0.05) is 6.07 Å². The normalized spacial score (nSPS) is 12.8. The Bertz CT molecular complexity index is 529. The maximum absolute atomic E-state index is 11.9. The zero-order chi connectivity index (χ0) is 15.2. The van der Waals surface area contributed by atoms with Crippen LogP contribution < -0.4 is 9.47 Å². The summed E-state index contributed by atoms with van der Waals surface area (Å²) in [6, 6.07) is 5.61. The molecule has 0 fully saturated rings. The average Bonchev–Trinajstić information content (AvgIpc) is 2.46. The van der Waals surface area contributed by atoms with Gasteiger partial charge < -0.3 is 19.5 Å². The molecule has 0 radical (unpaired) electrons. The van der Waals surface area contributed by atoms with Crippen molar-refractivity contribution < 1.29 is 24.2 Å². The van der Waals surface area contributed by atoms with E-state index >= 15 is 0 Å². The summed E-state index contributed by atoms with van der Waals surface area (Å²) in [6.07, 6.45) is 0.622. The van der Waals surface area contributed by atoms with Gasteiger partial charge in [0.25, 0.3) is 0 Å². The summed E-state index contributed by atoms with van der Waals surface area (Å²) in [5.41, 5.74) is 0.952. The van der Waals surface area contributed by atoms with E-state index in [4.69, 9.17) is 14.6 Å². The van der Waals surface area contributed by atoms with Crippen LogP contribution in [0.5, 0.6) is 11.5 Å². The summed E-state index contributed by atoms with van der Waals surface area (Å²) in [4.78, 5) is 23.9. The number of rotatable bonds is 6. The van der Waals surface area contributed by atoms with Crippen LogP contribution in [0.1, 0.15) is 24.8 Å². The Morgan fingerprint density at radius 2 is 1.90 bits per heavy atom. The number of nitrogens with zero attached hydrogens (tertiary/aromatic N) is 1. The minimum Gasteiger partial charge on any atom is -0.486 e. The van der Waals surface area contributed by atoms with Crippen LogP contribution in [0.15, 0.2) is 18.2 Å². The van der Waals surface area contributed by atoms with Crippen LogP contribution in [0.4, 0.5) is 0 Å². The lowest BCUT2D eigenvalue weighted by Gasteiger charge is -2.21. The SMILES string of the molecule is CN(Cc1ccc2c(c1)OCCO2)C(=O)CCCC(=O)O. The number of aliphatic carboxylic acids is 1. The first-order valence-corrected chi connectivity index (χ1v) is 6.90. The number of ether oxygens (including phenoxy) is 2. The lowest BCUT2D eigenvalue weighted by molar-refractivity contribution is -0.137. The molecule has 0 spiro atoms. The molecule has 0 saturated heterocycles. The first kappa shape index (κ1) is 15.2. The van der Waals surface area contributed by atoms with Gasteiger partial charge in [0.05, 0.1) is 0 Å². The third kappa shape index (κ3) is 4.37. The summed E-state index contributed by atoms with van der Waals surface area (Å²) in [6.45, 7) is 1.54. The second kappa shape index (κ2) is 6.97. The third-order valence-electron chi connectivity index (χ3n) is 3.23. The van der Waals surface area contributed by atoms with E-state index in [0.717, 1.165) is 11.3 Å². The van der Waals surface area contributed by atoms with Crippen LogP contribution in [0.3, 0.4) is 0 Å². The lowest BCUT2D eigenvalue weighted by Crippen LogP contribution is -2.26. The minimum absolute atomic E-state index is 0.0175. The van der Waals surface area contributed by atoms with Gasteiger partial charge in [0, 0.05) is 26.4 Å². The summed E-state index contributed by atoms with van der Waals surface area (Å²) in [5, 5.41) is 8.56. The summed E-state index contributed by atoms with van der Waals surface area (Å²) >= 11 is 0. The standard InChI is InChI=1S/C15H19NO5/c1-16(14(17)3-2-4-15(18)19)10-11-5-6-12-13(9-11)21-8-7-20-12/h5-6,9H,2-4,7-8,10H2,1H3,(H,18,19). The van der Waals surface area contributed by atoms with Gasteiger partial charge in [0.15, 0.2) is 11.5 Å². The van der Waals surface area contributed by atoms with Gasteiger partial charge >= 0.3 is 5.97 Å². The first-order chi connectivity index (χ1) is 10.1. The van der Waals surface area contributed by atoms with Crippen LogP contribution in [-0.4, -0.2) is 42.1 Å². The predicted octanol–water partition coefficient (Wildman–Crippen LogP) is 1.67. The van der Waals surface area contributed by atoms with Gasteiger partial charge in [0.2, 0.25) is 5.91 Å². The molecule has 1 aromatic carbocycles. The molecule has 1 aromatic rings. The highest BCUT2D eigenvalue weighted by atomic mass is 16.6. The molecule has 0 bridgehead atoms. The third-order valence-corrected chi connectivity index (χ3v) is 3.23. The Morgan fingerprint density at radius 3 is 2.62 bits per heavy atom. The first-order valence-electron chi connectivity index (χ1n) is 6.90. The van der Waals surface area contributed by atoms with Crippen molar-refractivity contribution in [3.8, 4) is 11.5 Å². The molecule has 1 aliphatic heterocycles. The fraction of sp³-hybridized carbons (Fsp3) is 0.467. The Morgan fingerprint density at radius 1 is 1.19 bits per heavy atom. The molecule has 0 aliphatic carbocycles. The van der Waals surface area contributed by atoms with Gasteiger partial charge in [-0.3, -0.25) is 9.59 Å². The largest absolute Gasteiger partial charge is 0.486 e. The van der Waals surface area contributed by atoms with Crippen LogP contribution in [-0.2, 0) is 16.1 Å². The number of amides is 1. The molecule has 1 heterocycles. The molecule has 6 nitrogen and oxygen atoms in total. The van der Waals surface area contributed by atoms with Crippen LogP contribution >= 0.6 is 0 Å². The highest BCUT2D eigenvalue weighted by molar-refractivity contribution is 5.76. The molecule has 6 heteroatoms. The summed E-state index contributed by atoms with van der Waals surface area (Å²) in [7, 11) is 1.71. The van der Waals surface area contributed by atoms with E-state index < -0.39 is 5.97 Å². The monoisotopic (exact) mass is 293 g/mol. The zero-order valence-corrected chi connectivity index (χ0v) is 12.0. The summed E-state index contributed by atoms with van der Waals surface area (Å²) < 4.78 is 10.9. The zero-order valence-electron chi connectivity index (χ0n) is 12.0. The molecule has 21 heavy (non-hydrogen) atoms. The summed E-state index contributed by atoms with van der Waals surface area (Å²) in [5.74, 6) is 0.481. The van der Waals surface area contributed by atoms with Crippen molar-refractivity contribution in [2.75, 3.05) is 20.3 Å². The van der Waals surface area contributed by atoms with Crippen molar-refractivity contribution >= 4 is 11.9 Å². The van der Waals surface area contributed by atoms with Crippen molar-refractivity contribution in [1.29, 1.82) is 0 Å². The second-order valence-corrected chi connectivity index (χ2v) is 4.98. The van der Waals surface area contributed by atoms with E-state index in [9.17, 15) is 9.59 Å². The van der Waals surface area contributed by atoms with Gasteiger partial charge in [-0.05, 0) is 24.1 Å². The molecule has 0 aromatic heterocycles. The highest BCUT2D eigenvalue weighted by Crippen LogP contribution is 2.31. The Hall–Kier alpha value is -2.24. The van der Waals surface area contributed by atoms with E-state index in [0.29, 0.717) is 31.9 Å². The van der Waals surface area contributed by atoms with Crippen molar-refractivity contribution in [2.45, 2.75) is 25.8 Å². The predicted molar refractivity (Wildman–Crippen MR) is 75.4 cm³/mol. The number of carboxylic acids is 1. The molecule has 1 amide bonds. The molecule has 1 aliphatic rings. The molecule has 2 rings (SSSR count). The van der Waals surface area contributed by atoms with Crippen molar-refractivity contribution in [1.82, 2.24) is 4.90 Å². The van der Waals surface area contributed by atoms with E-state index in [1.165, 1.54) is 0 Å². The average molecular weight is 293 g/mol. The van der Waals surface area contributed by atoms with Crippen molar-refractivity contribution in [3.63, 3.8) is 0 Å². The number of hydrogen-bond acceptors (Lipinski definition) is 4. The molecule has 1 N–H and O–H groups in total. The molecule has 0 atom stereocenters. The Balaban J connectivity index is 1.88. The van der Waals surface area contributed by atoms with Crippen molar-refractivity contribution in [3.05, 3.63) is 23.8 Å². The highest BCUT2D eigenvalue weighted by Gasteiger charge is 2.14. The van der Waals surface area contributed by atoms with E-state index in [1.54, 1.807) is 11.9 Å². The second-order valence-electron chi connectivity index (χ2n) is 4.98. The van der Waals surface area contributed by atoms with Crippen molar-refractivity contribution in [2.24, 2.45) is 0 Å². The van der Waals surface area contributed by atoms with Crippen LogP contribution in [0.25, 0.3) is 0 Å². The quantitative estimate of drug-likeness (QED) is 0.863. The number of fused-ring (bicyclic) bond motifs is 1. The molecule has 0 saturated carbocycles. The fourth-order valence-corrected chi connectivity index (χ4v) is 2.13. The van der Waals surface area contributed by atoms with Crippen LogP contribution in [0, 0.1) is 0 Å². The number of carbonyl (C=O) groups is 2. The van der Waals surface area contributed by atoms with E-state index in [2.05, 4.69) is 0 Å². The fourth-order valence-electron chi connectivity index (χ4n) is 2.13. The topological polar surface area (TPSA) is 76.1 Å². The van der Waals surface area contributed by atoms with Gasteiger partial charge in [-0.25, -0.2) is 0 Å². The van der Waals surface area contributed by atoms with Gasteiger partial charge in [-0.15, -0.1) is 0 Å². The maximum Gasteiger partial charge on any atom is 0.303 e. The number of carbonyl (C=O) groups excluding carboxylic acids is 1. The van der Waals surface area contributed by atoms with E-state index in [1.807, 2.05) is 18.2 Å². The maximum atomic E-state index is 11.9. The van der Waals surface area contributed by atoms with Gasteiger partial charge in [-0.2, -0.15) is 0 Å². The Labute approximate surface area is 123 Å². The van der Waals surface area contributed by atoms with Crippen LogP contribution in [0.2, 0.25) is 0 Å². The van der Waals surface area contributed by atoms with Gasteiger partial charge in [0.1, 0.15) is 13.2 Å². The Kier molecular flexibility index (Phi) is 5.03. The van der Waals surface area contributed by atoms with E-state index in [-0.39, 0.29) is 18.7 Å². The number of carboxylic acid groups (broad SMARTS) is 1. The smallest absolute Gasteiger partial charge is 0.303 e. The molecular weight excluding hydrogens is 274 g/mol. The lowest BCUT2D eigenvalue weighted by atomic mass is 10.1. The minimum atomic E-state index is -0.878. The molecular formula is C15H19NO5.